The first-order valence-electron chi connectivity index (χ1n) is 11.8. The number of methoxy groups -OCH3 is 3. The quantitative estimate of drug-likeness (QED) is 0.339. The smallest absolute Gasteiger partial charge is 0.326 e. The molecule has 2 aliphatic rings. The molecule has 0 aliphatic carbocycles. The van der Waals surface area contributed by atoms with Gasteiger partial charge in [-0.2, -0.15) is 0 Å². The molecule has 0 spiro atoms. The van der Waals surface area contributed by atoms with Crippen LogP contribution in [0.2, 0.25) is 0 Å². The summed E-state index contributed by atoms with van der Waals surface area (Å²) in [6.07, 6.45) is 0.856. The number of ketones is 1. The molecular formula is C27H30N2O7. The fraction of sp³-hybridized carbons (Fsp3) is 0.407. The van der Waals surface area contributed by atoms with Gasteiger partial charge in [-0.1, -0.05) is 31.5 Å². The number of benzene rings is 2. The van der Waals surface area contributed by atoms with Crippen molar-refractivity contribution in [3.8, 4) is 11.5 Å². The highest BCUT2D eigenvalue weighted by Gasteiger charge is 2.68. The fourth-order valence-corrected chi connectivity index (χ4v) is 5.56. The highest BCUT2D eigenvalue weighted by atomic mass is 16.5. The Labute approximate surface area is 209 Å². The van der Waals surface area contributed by atoms with E-state index in [2.05, 4.69) is 5.32 Å². The molecule has 2 saturated heterocycles. The van der Waals surface area contributed by atoms with Gasteiger partial charge in [-0.25, -0.2) is 4.90 Å². The van der Waals surface area contributed by atoms with Crippen molar-refractivity contribution < 1.29 is 33.4 Å². The maximum Gasteiger partial charge on any atom is 0.326 e. The number of carbonyl (C=O) groups excluding carboxylic acids is 4. The Kier molecular flexibility index (Phi) is 6.86. The standard InChI is InChI=1S/C27H30N2O7/c1-6-12-27(26(33)36-5)22-21(23(28-27)19-11-10-18(34-3)14-20(19)35-4)24(31)29(25(22)32)17-9-7-8-16(13-17)15(2)30/h7-11,13-14,21-23,28H,6,12H2,1-5H3/t21-,22-,23-,27+/m0/s1. The molecule has 0 saturated carbocycles. The summed E-state index contributed by atoms with van der Waals surface area (Å²) >= 11 is 0. The SMILES string of the molecule is CCC[C@@]1(C(=O)OC)N[C@@H](c2ccc(OC)cc2OC)[C@H]2C(=O)N(c3cccc(C(C)=O)c3)C(=O)[C@H]21. The molecule has 2 aromatic carbocycles. The van der Waals surface area contributed by atoms with Crippen LogP contribution in [0, 0.1) is 11.8 Å². The monoisotopic (exact) mass is 494 g/mol. The summed E-state index contributed by atoms with van der Waals surface area (Å²) in [6.45, 7) is 3.32. The van der Waals surface area contributed by atoms with E-state index in [-0.39, 0.29) is 12.2 Å². The normalized spacial score (nSPS) is 25.0. The lowest BCUT2D eigenvalue weighted by Crippen LogP contribution is -2.56. The van der Waals surface area contributed by atoms with Crippen LogP contribution in [-0.2, 0) is 19.1 Å². The highest BCUT2D eigenvalue weighted by Crippen LogP contribution is 2.53. The molecule has 0 unspecified atom stereocenters. The number of amides is 2. The van der Waals surface area contributed by atoms with Crippen molar-refractivity contribution in [3.05, 3.63) is 53.6 Å². The lowest BCUT2D eigenvalue weighted by molar-refractivity contribution is -0.152. The van der Waals surface area contributed by atoms with Gasteiger partial charge in [-0.3, -0.25) is 24.5 Å². The predicted molar refractivity (Wildman–Crippen MR) is 131 cm³/mol. The number of nitrogens with zero attached hydrogens (tertiary/aromatic N) is 1. The second kappa shape index (κ2) is 9.73. The van der Waals surface area contributed by atoms with E-state index in [9.17, 15) is 19.2 Å². The molecule has 2 aromatic rings. The first-order valence-corrected chi connectivity index (χ1v) is 11.8. The van der Waals surface area contributed by atoms with E-state index in [1.54, 1.807) is 36.4 Å². The molecule has 4 atom stereocenters. The fourth-order valence-electron chi connectivity index (χ4n) is 5.56. The lowest BCUT2D eigenvalue weighted by atomic mass is 9.77. The number of fused-ring (bicyclic) bond motifs is 1. The minimum Gasteiger partial charge on any atom is -0.497 e. The zero-order chi connectivity index (χ0) is 26.2. The molecule has 2 heterocycles. The van der Waals surface area contributed by atoms with Gasteiger partial charge in [-0.15, -0.1) is 0 Å². The van der Waals surface area contributed by atoms with Crippen LogP contribution < -0.4 is 19.7 Å². The van der Waals surface area contributed by atoms with Gasteiger partial charge in [0.2, 0.25) is 11.8 Å². The zero-order valence-corrected chi connectivity index (χ0v) is 21.0. The first-order chi connectivity index (χ1) is 17.2. The summed E-state index contributed by atoms with van der Waals surface area (Å²) in [7, 11) is 4.31. The summed E-state index contributed by atoms with van der Waals surface area (Å²) in [5.74, 6) is -2.63. The van der Waals surface area contributed by atoms with Crippen molar-refractivity contribution in [1.29, 1.82) is 0 Å². The molecule has 2 aliphatic heterocycles. The number of hydrogen-bond acceptors (Lipinski definition) is 8. The third-order valence-electron chi connectivity index (χ3n) is 7.13. The number of rotatable bonds is 8. The molecule has 0 aromatic heterocycles. The van der Waals surface area contributed by atoms with Gasteiger partial charge in [0.1, 0.15) is 17.0 Å². The van der Waals surface area contributed by atoms with Crippen molar-refractivity contribution in [3.63, 3.8) is 0 Å². The van der Waals surface area contributed by atoms with Gasteiger partial charge < -0.3 is 14.2 Å². The first kappa shape index (κ1) is 25.4. The van der Waals surface area contributed by atoms with Crippen LogP contribution in [0.15, 0.2) is 42.5 Å². The Morgan fingerprint density at radius 1 is 1.03 bits per heavy atom. The van der Waals surface area contributed by atoms with Crippen LogP contribution in [0.1, 0.15) is 48.7 Å². The Balaban J connectivity index is 1.90. The largest absolute Gasteiger partial charge is 0.497 e. The van der Waals surface area contributed by atoms with Crippen LogP contribution in [0.5, 0.6) is 11.5 Å². The maximum absolute atomic E-state index is 14.0. The molecule has 9 heteroatoms. The molecule has 1 N–H and O–H groups in total. The summed E-state index contributed by atoms with van der Waals surface area (Å²) < 4.78 is 16.1. The highest BCUT2D eigenvalue weighted by molar-refractivity contribution is 6.24. The van der Waals surface area contributed by atoms with Crippen LogP contribution in [0.25, 0.3) is 0 Å². The van der Waals surface area contributed by atoms with Crippen molar-refractivity contribution in [2.45, 2.75) is 38.3 Å². The maximum atomic E-state index is 14.0. The Bertz CT molecular complexity index is 1230. The number of nitrogens with one attached hydrogen (secondary N) is 1. The summed E-state index contributed by atoms with van der Waals surface area (Å²) in [4.78, 5) is 54.2. The number of imide groups is 1. The Hall–Kier alpha value is -3.72. The van der Waals surface area contributed by atoms with E-state index in [1.165, 1.54) is 34.3 Å². The molecule has 9 nitrogen and oxygen atoms in total. The van der Waals surface area contributed by atoms with Gasteiger partial charge in [0.15, 0.2) is 5.78 Å². The van der Waals surface area contributed by atoms with Crippen molar-refractivity contribution >= 4 is 29.3 Å². The number of esters is 1. The second-order valence-corrected chi connectivity index (χ2v) is 9.06. The molecule has 2 amide bonds. The van der Waals surface area contributed by atoms with Gasteiger partial charge in [-0.05, 0) is 31.5 Å². The molecule has 0 bridgehead atoms. The molecule has 190 valence electrons. The van der Waals surface area contributed by atoms with E-state index in [4.69, 9.17) is 14.2 Å². The summed E-state index contributed by atoms with van der Waals surface area (Å²) in [5, 5.41) is 3.33. The predicted octanol–water partition coefficient (Wildman–Crippen LogP) is 3.07. The van der Waals surface area contributed by atoms with Crippen molar-refractivity contribution in [1.82, 2.24) is 5.32 Å². The van der Waals surface area contributed by atoms with E-state index >= 15 is 0 Å². The van der Waals surface area contributed by atoms with Gasteiger partial charge >= 0.3 is 5.97 Å². The number of anilines is 1. The van der Waals surface area contributed by atoms with E-state index in [1.807, 2.05) is 6.92 Å². The van der Waals surface area contributed by atoms with Gasteiger partial charge in [0, 0.05) is 23.2 Å². The average molecular weight is 495 g/mol. The average Bonchev–Trinajstić information content (AvgIpc) is 3.36. The minimum atomic E-state index is -1.41. The molecule has 0 radical (unpaired) electrons. The Morgan fingerprint density at radius 2 is 1.78 bits per heavy atom. The Morgan fingerprint density at radius 3 is 2.39 bits per heavy atom. The van der Waals surface area contributed by atoms with Crippen LogP contribution in [0.3, 0.4) is 0 Å². The van der Waals surface area contributed by atoms with Crippen LogP contribution >= 0.6 is 0 Å². The second-order valence-electron chi connectivity index (χ2n) is 9.06. The third kappa shape index (κ3) is 3.83. The van der Waals surface area contributed by atoms with Crippen LogP contribution in [-0.4, -0.2) is 50.4 Å². The summed E-state index contributed by atoms with van der Waals surface area (Å²) in [5.41, 5.74) is -0.119. The van der Waals surface area contributed by atoms with Gasteiger partial charge in [0.25, 0.3) is 0 Å². The molecule has 36 heavy (non-hydrogen) atoms. The molecule has 2 fully saturated rings. The zero-order valence-electron chi connectivity index (χ0n) is 21.0. The summed E-state index contributed by atoms with van der Waals surface area (Å²) in [6, 6.07) is 10.9. The van der Waals surface area contributed by atoms with Gasteiger partial charge in [0.05, 0.1) is 38.9 Å². The number of carbonyl (C=O) groups is 4. The van der Waals surface area contributed by atoms with E-state index in [0.717, 1.165) is 4.90 Å². The lowest BCUT2D eigenvalue weighted by Gasteiger charge is -2.32. The number of Topliss-reactive ketones (excluding diaryl/α,β-unsaturated/α-hetero) is 1. The number of ether oxygens (including phenoxy) is 3. The molecular weight excluding hydrogens is 464 g/mol. The van der Waals surface area contributed by atoms with Crippen molar-refractivity contribution in [2.24, 2.45) is 11.8 Å². The van der Waals surface area contributed by atoms with Crippen LogP contribution in [0.4, 0.5) is 5.69 Å². The van der Waals surface area contributed by atoms with Crippen molar-refractivity contribution in [2.75, 3.05) is 26.2 Å². The number of hydrogen-bond donors (Lipinski definition) is 1. The van der Waals surface area contributed by atoms with E-state index in [0.29, 0.717) is 34.7 Å². The van der Waals surface area contributed by atoms with E-state index < -0.39 is 41.2 Å². The minimum absolute atomic E-state index is 0.187. The molecule has 4 rings (SSSR count). The third-order valence-corrected chi connectivity index (χ3v) is 7.13. The topological polar surface area (TPSA) is 111 Å².